The number of pyridine rings is 1. The highest BCUT2D eigenvalue weighted by atomic mass is 35.5. The minimum atomic E-state index is 0.545. The molecule has 2 aliphatic carbocycles. The number of rotatable bonds is 1. The van der Waals surface area contributed by atoms with Crippen molar-refractivity contribution in [1.82, 2.24) is 4.98 Å². The Labute approximate surface area is 130 Å². The lowest BCUT2D eigenvalue weighted by atomic mass is 9.66. The van der Waals surface area contributed by atoms with Crippen molar-refractivity contribution in [2.75, 3.05) is 5.73 Å². The van der Waals surface area contributed by atoms with E-state index in [1.165, 1.54) is 24.1 Å². The third-order valence-corrected chi connectivity index (χ3v) is 5.41. The number of nitrogens with two attached hydrogens (primary N) is 1. The van der Waals surface area contributed by atoms with E-state index >= 15 is 0 Å². The molecule has 1 saturated carbocycles. The van der Waals surface area contributed by atoms with Gasteiger partial charge in [-0.05, 0) is 61.6 Å². The second-order valence-electron chi connectivity index (χ2n) is 6.52. The van der Waals surface area contributed by atoms with Crippen molar-refractivity contribution < 1.29 is 0 Å². The summed E-state index contributed by atoms with van der Waals surface area (Å²) in [5, 5.41) is 1.76. The maximum Gasteiger partial charge on any atom is 0.0741 e. The zero-order chi connectivity index (χ0) is 14.6. The first-order chi connectivity index (χ1) is 10.2. The highest BCUT2D eigenvalue weighted by Gasteiger charge is 2.36. The molecular weight excluding hydrogens is 280 g/mol. The summed E-state index contributed by atoms with van der Waals surface area (Å²) in [6, 6.07) is 5.82. The molecule has 1 heterocycles. The van der Waals surface area contributed by atoms with Gasteiger partial charge >= 0.3 is 0 Å². The summed E-state index contributed by atoms with van der Waals surface area (Å²) in [6.07, 6.45) is 6.83. The average molecular weight is 299 g/mol. The molecule has 2 aliphatic rings. The molecule has 2 bridgehead atoms. The van der Waals surface area contributed by atoms with Crippen LogP contribution in [-0.2, 0) is 6.42 Å². The van der Waals surface area contributed by atoms with Crippen LogP contribution in [0.15, 0.2) is 30.9 Å². The molecule has 3 atom stereocenters. The third kappa shape index (κ3) is 2.04. The van der Waals surface area contributed by atoms with Crippen LogP contribution in [-0.4, -0.2) is 4.98 Å². The average Bonchev–Trinajstić information content (AvgIpc) is 2.46. The van der Waals surface area contributed by atoms with Crippen molar-refractivity contribution in [3.05, 3.63) is 47.1 Å². The topological polar surface area (TPSA) is 38.9 Å². The van der Waals surface area contributed by atoms with Crippen LogP contribution >= 0.6 is 11.6 Å². The summed E-state index contributed by atoms with van der Waals surface area (Å²) < 4.78 is 0. The molecule has 1 aromatic heterocycles. The van der Waals surface area contributed by atoms with E-state index in [1.54, 1.807) is 0 Å². The number of fused-ring (bicyclic) bond motifs is 5. The maximum absolute atomic E-state index is 6.50. The molecule has 3 heteroatoms. The van der Waals surface area contributed by atoms with E-state index < -0.39 is 0 Å². The molecule has 4 rings (SSSR count). The van der Waals surface area contributed by atoms with Gasteiger partial charge in [0.2, 0.25) is 0 Å². The largest absolute Gasteiger partial charge is 0.398 e. The number of hydrogen-bond acceptors (Lipinski definition) is 2. The quantitative estimate of drug-likeness (QED) is 0.774. The Bertz CT molecular complexity index is 738. The third-order valence-electron chi connectivity index (χ3n) is 5.17. The molecule has 1 aromatic carbocycles. The molecule has 3 unspecified atom stereocenters. The molecule has 2 N–H and O–H groups in total. The Balaban J connectivity index is 1.91. The fourth-order valence-corrected chi connectivity index (χ4v) is 4.46. The van der Waals surface area contributed by atoms with Gasteiger partial charge in [0.1, 0.15) is 0 Å². The van der Waals surface area contributed by atoms with Gasteiger partial charge in [0.25, 0.3) is 0 Å². The van der Waals surface area contributed by atoms with E-state index in [0.29, 0.717) is 11.8 Å². The van der Waals surface area contributed by atoms with Crippen LogP contribution in [0, 0.1) is 11.8 Å². The molecule has 21 heavy (non-hydrogen) atoms. The van der Waals surface area contributed by atoms with Crippen molar-refractivity contribution in [1.29, 1.82) is 0 Å². The summed E-state index contributed by atoms with van der Waals surface area (Å²) >= 11 is 6.10. The van der Waals surface area contributed by atoms with E-state index in [1.807, 2.05) is 18.2 Å². The lowest BCUT2D eigenvalue weighted by Crippen LogP contribution is -2.29. The van der Waals surface area contributed by atoms with Crippen LogP contribution in [0.2, 0.25) is 5.02 Å². The minimum Gasteiger partial charge on any atom is -0.398 e. The summed E-state index contributed by atoms with van der Waals surface area (Å²) in [4.78, 5) is 4.88. The van der Waals surface area contributed by atoms with E-state index in [9.17, 15) is 0 Å². The van der Waals surface area contributed by atoms with E-state index in [-0.39, 0.29) is 0 Å². The standard InChI is InChI=1S/C18H19ClN2/c1-2-10-5-11-7-12(6-10)17-16(8-11)21-15-9-13(19)3-4-14(15)18(17)20/h2-4,9-12H,1,5-8H2,(H2,20,21). The molecule has 0 amide bonds. The van der Waals surface area contributed by atoms with Crippen molar-refractivity contribution in [3.8, 4) is 0 Å². The van der Waals surface area contributed by atoms with Crippen LogP contribution in [0.5, 0.6) is 0 Å². The number of nitrogen functional groups attached to an aromatic ring is 1. The van der Waals surface area contributed by atoms with Gasteiger partial charge in [0, 0.05) is 27.4 Å². The van der Waals surface area contributed by atoms with Gasteiger partial charge in [-0.15, -0.1) is 6.58 Å². The van der Waals surface area contributed by atoms with E-state index in [4.69, 9.17) is 22.3 Å². The molecular formula is C18H19ClN2. The van der Waals surface area contributed by atoms with Gasteiger partial charge in [-0.25, -0.2) is 0 Å². The number of hydrogen-bond donors (Lipinski definition) is 1. The number of anilines is 1. The molecule has 2 nitrogen and oxygen atoms in total. The van der Waals surface area contributed by atoms with Gasteiger partial charge < -0.3 is 5.73 Å². The Morgan fingerprint density at radius 2 is 2.14 bits per heavy atom. The Kier molecular flexibility index (Phi) is 2.97. The van der Waals surface area contributed by atoms with Crippen molar-refractivity contribution in [3.63, 3.8) is 0 Å². The molecule has 108 valence electrons. The zero-order valence-corrected chi connectivity index (χ0v) is 12.7. The van der Waals surface area contributed by atoms with E-state index in [2.05, 4.69) is 12.7 Å². The number of halogens is 1. The lowest BCUT2D eigenvalue weighted by Gasteiger charge is -2.39. The van der Waals surface area contributed by atoms with Crippen LogP contribution in [0.4, 0.5) is 5.69 Å². The summed E-state index contributed by atoms with van der Waals surface area (Å²) in [5.74, 6) is 1.90. The van der Waals surface area contributed by atoms with E-state index in [0.717, 1.165) is 40.4 Å². The van der Waals surface area contributed by atoms with Gasteiger partial charge in [-0.2, -0.15) is 0 Å². The van der Waals surface area contributed by atoms with Gasteiger partial charge in [0.05, 0.1) is 5.52 Å². The van der Waals surface area contributed by atoms with Crippen LogP contribution < -0.4 is 5.73 Å². The first-order valence-corrected chi connectivity index (χ1v) is 8.03. The fourth-order valence-electron chi connectivity index (χ4n) is 4.30. The molecule has 0 saturated heterocycles. The summed E-state index contributed by atoms with van der Waals surface area (Å²) in [6.45, 7) is 3.99. The number of allylic oxidation sites excluding steroid dienone is 1. The lowest BCUT2D eigenvalue weighted by molar-refractivity contribution is 0.251. The number of benzene rings is 1. The fraction of sp³-hybridized carbons (Fsp3) is 0.389. The summed E-state index contributed by atoms with van der Waals surface area (Å²) in [5.41, 5.74) is 10.8. The number of nitrogens with zero attached hydrogens (tertiary/aromatic N) is 1. The second-order valence-corrected chi connectivity index (χ2v) is 6.95. The van der Waals surface area contributed by atoms with Crippen molar-refractivity contribution in [2.45, 2.75) is 31.6 Å². The molecule has 0 radical (unpaired) electrons. The maximum atomic E-state index is 6.50. The smallest absolute Gasteiger partial charge is 0.0741 e. The SMILES string of the molecule is C=CC1CC2Cc3nc4cc(Cl)ccc4c(N)c3C(C1)C2. The van der Waals surface area contributed by atoms with Gasteiger partial charge in [0.15, 0.2) is 0 Å². The highest BCUT2D eigenvalue weighted by Crippen LogP contribution is 2.49. The minimum absolute atomic E-state index is 0.545. The van der Waals surface area contributed by atoms with Crippen LogP contribution in [0.1, 0.15) is 36.4 Å². The highest BCUT2D eigenvalue weighted by molar-refractivity contribution is 6.31. The van der Waals surface area contributed by atoms with Crippen molar-refractivity contribution >= 4 is 28.2 Å². The van der Waals surface area contributed by atoms with Crippen LogP contribution in [0.25, 0.3) is 10.9 Å². The second kappa shape index (κ2) is 4.74. The first-order valence-electron chi connectivity index (χ1n) is 7.65. The first kappa shape index (κ1) is 13.1. The van der Waals surface area contributed by atoms with Crippen molar-refractivity contribution in [2.24, 2.45) is 11.8 Å². The Morgan fingerprint density at radius 3 is 2.95 bits per heavy atom. The Hall–Kier alpha value is -1.54. The number of aromatic nitrogens is 1. The molecule has 0 aliphatic heterocycles. The van der Waals surface area contributed by atoms with Gasteiger partial charge in [-0.1, -0.05) is 17.7 Å². The normalized spacial score (nSPS) is 27.4. The molecule has 1 fully saturated rings. The predicted molar refractivity (Wildman–Crippen MR) is 88.6 cm³/mol. The zero-order valence-electron chi connectivity index (χ0n) is 12.0. The van der Waals surface area contributed by atoms with Crippen LogP contribution in [0.3, 0.4) is 0 Å². The monoisotopic (exact) mass is 298 g/mol. The molecule has 0 spiro atoms. The van der Waals surface area contributed by atoms with Gasteiger partial charge in [-0.3, -0.25) is 4.98 Å². The molecule has 2 aromatic rings. The predicted octanol–water partition coefficient (Wildman–Crippen LogP) is 4.71. The Morgan fingerprint density at radius 1 is 1.29 bits per heavy atom. The summed E-state index contributed by atoms with van der Waals surface area (Å²) in [7, 11) is 0.